The molecule has 0 aromatic rings. The first-order valence-electron chi connectivity index (χ1n) is 4.37. The summed E-state index contributed by atoms with van der Waals surface area (Å²) in [6.45, 7) is 0.660. The molecule has 0 atom stereocenters. The number of nitrogens with zero attached hydrogens (tertiary/aromatic N) is 1. The van der Waals surface area contributed by atoms with E-state index in [1.54, 1.807) is 0 Å². The van der Waals surface area contributed by atoms with Gasteiger partial charge in [0.05, 0.1) is 0 Å². The lowest BCUT2D eigenvalue weighted by Crippen LogP contribution is -2.44. The van der Waals surface area contributed by atoms with E-state index in [1.807, 2.05) is 0 Å². The molecule has 0 bridgehead atoms. The Morgan fingerprint density at radius 2 is 1.93 bits per heavy atom. The molecule has 0 unspecified atom stereocenters. The van der Waals surface area contributed by atoms with Crippen molar-refractivity contribution >= 4 is 16.0 Å². The second kappa shape index (κ2) is 4.24. The fourth-order valence-electron chi connectivity index (χ4n) is 1.40. The summed E-state index contributed by atoms with van der Waals surface area (Å²) in [7, 11) is -3.63. The minimum atomic E-state index is -3.63. The first-order valence-corrected chi connectivity index (χ1v) is 5.98. The smallest absolute Gasteiger partial charge is 0.320 e. The monoisotopic (exact) mass is 222 g/mol. The van der Waals surface area contributed by atoms with E-state index in [9.17, 15) is 13.2 Å². The molecule has 1 aliphatic heterocycles. The summed E-state index contributed by atoms with van der Waals surface area (Å²) in [5, 5.41) is 8.40. The summed E-state index contributed by atoms with van der Waals surface area (Å²) in [5.74, 6) is -2.15. The number of hydrogen-bond acceptors (Lipinski definition) is 4. The molecule has 82 valence electrons. The quantitative estimate of drug-likeness (QED) is 0.626. The summed E-state index contributed by atoms with van der Waals surface area (Å²) in [6, 6.07) is 0.0336. The Kier molecular flexibility index (Phi) is 3.46. The molecule has 0 amide bonds. The molecule has 1 saturated heterocycles. The summed E-state index contributed by atoms with van der Waals surface area (Å²) < 4.78 is 24.0. The number of piperidine rings is 1. The standard InChI is InChI=1S/C7H14N2O4S/c8-6-1-3-9(4-2-6)14(12,13)5-7(10)11/h6H,1-5,8H2,(H,10,11). The van der Waals surface area contributed by atoms with Crippen molar-refractivity contribution in [3.63, 3.8) is 0 Å². The number of rotatable bonds is 3. The van der Waals surface area contributed by atoms with Crippen molar-refractivity contribution in [1.82, 2.24) is 4.31 Å². The Balaban J connectivity index is 2.60. The van der Waals surface area contributed by atoms with Gasteiger partial charge < -0.3 is 10.8 Å². The average molecular weight is 222 g/mol. The second-order valence-electron chi connectivity index (χ2n) is 3.39. The van der Waals surface area contributed by atoms with Gasteiger partial charge in [-0.1, -0.05) is 0 Å². The molecule has 0 aromatic carbocycles. The summed E-state index contributed by atoms with van der Waals surface area (Å²) in [5.41, 5.74) is 5.60. The Morgan fingerprint density at radius 1 is 1.43 bits per heavy atom. The second-order valence-corrected chi connectivity index (χ2v) is 5.36. The van der Waals surface area contributed by atoms with Crippen molar-refractivity contribution in [2.24, 2.45) is 5.73 Å². The van der Waals surface area contributed by atoms with Gasteiger partial charge in [0.2, 0.25) is 10.0 Å². The number of carbonyl (C=O) groups is 1. The molecule has 0 saturated carbocycles. The molecule has 0 aliphatic carbocycles. The van der Waals surface area contributed by atoms with Crippen LogP contribution in [-0.2, 0) is 14.8 Å². The first-order chi connectivity index (χ1) is 6.42. The van der Waals surface area contributed by atoms with Gasteiger partial charge in [-0.15, -0.1) is 0 Å². The van der Waals surface area contributed by atoms with Crippen LogP contribution in [0.2, 0.25) is 0 Å². The lowest BCUT2D eigenvalue weighted by atomic mass is 10.1. The fourth-order valence-corrected chi connectivity index (χ4v) is 2.66. The third kappa shape index (κ3) is 2.93. The zero-order valence-electron chi connectivity index (χ0n) is 7.72. The molecule has 7 heteroatoms. The van der Waals surface area contributed by atoms with Gasteiger partial charge in [0.1, 0.15) is 0 Å². The molecule has 1 aliphatic rings. The summed E-state index contributed by atoms with van der Waals surface area (Å²) in [4.78, 5) is 10.3. The Labute approximate surface area is 82.7 Å². The van der Waals surface area contributed by atoms with E-state index >= 15 is 0 Å². The van der Waals surface area contributed by atoms with Crippen molar-refractivity contribution in [3.8, 4) is 0 Å². The third-order valence-corrected chi connectivity index (χ3v) is 3.96. The lowest BCUT2D eigenvalue weighted by molar-refractivity contribution is -0.134. The number of hydrogen-bond donors (Lipinski definition) is 2. The SMILES string of the molecule is NC1CCN(S(=O)(=O)CC(=O)O)CC1. The minimum absolute atomic E-state index is 0.0336. The largest absolute Gasteiger partial charge is 0.480 e. The normalized spacial score (nSPS) is 20.9. The zero-order chi connectivity index (χ0) is 10.8. The van der Waals surface area contributed by atoms with Crippen molar-refractivity contribution in [2.75, 3.05) is 18.8 Å². The fraction of sp³-hybridized carbons (Fsp3) is 0.857. The molecule has 0 spiro atoms. The van der Waals surface area contributed by atoms with Gasteiger partial charge in [-0.3, -0.25) is 4.79 Å². The van der Waals surface area contributed by atoms with Crippen LogP contribution in [-0.4, -0.2) is 48.7 Å². The van der Waals surface area contributed by atoms with Crippen LogP contribution in [0.15, 0.2) is 0 Å². The Hall–Kier alpha value is -0.660. The summed E-state index contributed by atoms with van der Waals surface area (Å²) in [6.07, 6.45) is 1.19. The van der Waals surface area contributed by atoms with E-state index in [1.165, 1.54) is 4.31 Å². The third-order valence-electron chi connectivity index (χ3n) is 2.20. The lowest BCUT2D eigenvalue weighted by Gasteiger charge is -2.28. The van der Waals surface area contributed by atoms with Crippen LogP contribution in [0.1, 0.15) is 12.8 Å². The summed E-state index contributed by atoms with van der Waals surface area (Å²) >= 11 is 0. The van der Waals surface area contributed by atoms with E-state index in [0.29, 0.717) is 25.9 Å². The first kappa shape index (κ1) is 11.4. The molecule has 0 aromatic heterocycles. The van der Waals surface area contributed by atoms with Gasteiger partial charge in [-0.25, -0.2) is 12.7 Å². The van der Waals surface area contributed by atoms with Crippen molar-refractivity contribution in [1.29, 1.82) is 0 Å². The maximum absolute atomic E-state index is 11.4. The van der Waals surface area contributed by atoms with Gasteiger partial charge in [-0.05, 0) is 12.8 Å². The van der Waals surface area contributed by atoms with Crippen LogP contribution in [0.3, 0.4) is 0 Å². The number of nitrogens with two attached hydrogens (primary N) is 1. The molecule has 1 heterocycles. The van der Waals surface area contributed by atoms with Gasteiger partial charge in [0.25, 0.3) is 0 Å². The van der Waals surface area contributed by atoms with Crippen LogP contribution in [0.4, 0.5) is 0 Å². The van der Waals surface area contributed by atoms with Gasteiger partial charge >= 0.3 is 5.97 Å². The maximum Gasteiger partial charge on any atom is 0.320 e. The molecule has 1 fully saturated rings. The number of carboxylic acid groups (broad SMARTS) is 1. The van der Waals surface area contributed by atoms with Crippen LogP contribution in [0.25, 0.3) is 0 Å². The zero-order valence-corrected chi connectivity index (χ0v) is 8.53. The number of sulfonamides is 1. The van der Waals surface area contributed by atoms with Gasteiger partial charge in [0.15, 0.2) is 5.75 Å². The van der Waals surface area contributed by atoms with Crippen LogP contribution < -0.4 is 5.73 Å². The number of aliphatic carboxylic acids is 1. The highest BCUT2D eigenvalue weighted by atomic mass is 32.2. The maximum atomic E-state index is 11.4. The molecule has 1 rings (SSSR count). The van der Waals surface area contributed by atoms with E-state index in [-0.39, 0.29) is 6.04 Å². The number of carboxylic acids is 1. The van der Waals surface area contributed by atoms with Gasteiger partial charge in [-0.2, -0.15) is 0 Å². The molecule has 0 radical (unpaired) electrons. The van der Waals surface area contributed by atoms with Crippen molar-refractivity contribution < 1.29 is 18.3 Å². The molecule has 14 heavy (non-hydrogen) atoms. The molecular weight excluding hydrogens is 208 g/mol. The highest BCUT2D eigenvalue weighted by Crippen LogP contribution is 2.12. The van der Waals surface area contributed by atoms with E-state index in [2.05, 4.69) is 0 Å². The average Bonchev–Trinajstić information content (AvgIpc) is 2.02. The van der Waals surface area contributed by atoms with E-state index < -0.39 is 21.7 Å². The predicted molar refractivity (Wildman–Crippen MR) is 50.2 cm³/mol. The van der Waals surface area contributed by atoms with E-state index in [4.69, 9.17) is 10.8 Å². The predicted octanol–water partition coefficient (Wildman–Crippen LogP) is -1.18. The van der Waals surface area contributed by atoms with Crippen LogP contribution >= 0.6 is 0 Å². The van der Waals surface area contributed by atoms with Crippen molar-refractivity contribution in [2.45, 2.75) is 18.9 Å². The topological polar surface area (TPSA) is 101 Å². The molecule has 3 N–H and O–H groups in total. The molecular formula is C7H14N2O4S. The van der Waals surface area contributed by atoms with Gasteiger partial charge in [0, 0.05) is 19.1 Å². The van der Waals surface area contributed by atoms with E-state index in [0.717, 1.165) is 0 Å². The highest BCUT2D eigenvalue weighted by Gasteiger charge is 2.28. The van der Waals surface area contributed by atoms with Crippen LogP contribution in [0, 0.1) is 0 Å². The van der Waals surface area contributed by atoms with Crippen LogP contribution in [0.5, 0.6) is 0 Å². The Bertz CT molecular complexity index is 306. The minimum Gasteiger partial charge on any atom is -0.480 e. The molecule has 6 nitrogen and oxygen atoms in total. The highest BCUT2D eigenvalue weighted by molar-refractivity contribution is 7.89. The van der Waals surface area contributed by atoms with Crippen molar-refractivity contribution in [3.05, 3.63) is 0 Å². The Morgan fingerprint density at radius 3 is 2.36 bits per heavy atom.